The van der Waals surface area contributed by atoms with Crippen LogP contribution in [0.5, 0.6) is 0 Å². The highest BCUT2D eigenvalue weighted by Crippen LogP contribution is 2.20. The van der Waals surface area contributed by atoms with Crippen molar-refractivity contribution in [3.8, 4) is 11.3 Å². The molecule has 0 aromatic carbocycles. The van der Waals surface area contributed by atoms with Crippen molar-refractivity contribution in [2.75, 3.05) is 0 Å². The van der Waals surface area contributed by atoms with Gasteiger partial charge < -0.3 is 0 Å². The van der Waals surface area contributed by atoms with E-state index in [1.807, 2.05) is 18.2 Å². The Balaban J connectivity index is 1.85. The lowest BCUT2D eigenvalue weighted by Gasteiger charge is -2.10. The summed E-state index contributed by atoms with van der Waals surface area (Å²) in [5, 5.41) is 0. The molecular weight excluding hydrogens is 312 g/mol. The van der Waals surface area contributed by atoms with Crippen LogP contribution in [0.25, 0.3) is 11.3 Å². The molecule has 7 heteroatoms. The Bertz CT molecular complexity index is 884. The summed E-state index contributed by atoms with van der Waals surface area (Å²) < 4.78 is 27.1. The molecular formula is C16H14N4O2S. The number of nitrogens with one attached hydrogen (secondary N) is 1. The van der Waals surface area contributed by atoms with Crippen molar-refractivity contribution in [2.45, 2.75) is 11.4 Å². The van der Waals surface area contributed by atoms with Gasteiger partial charge in [-0.1, -0.05) is 6.07 Å². The minimum Gasteiger partial charge on any atom is -0.265 e. The van der Waals surface area contributed by atoms with Crippen molar-refractivity contribution >= 4 is 10.0 Å². The number of aromatic nitrogens is 3. The van der Waals surface area contributed by atoms with Crippen LogP contribution in [0.3, 0.4) is 0 Å². The van der Waals surface area contributed by atoms with Crippen molar-refractivity contribution in [3.63, 3.8) is 0 Å². The van der Waals surface area contributed by atoms with Crippen LogP contribution in [-0.4, -0.2) is 23.4 Å². The van der Waals surface area contributed by atoms with Gasteiger partial charge in [-0.3, -0.25) is 15.0 Å². The molecule has 0 aliphatic rings. The van der Waals surface area contributed by atoms with Gasteiger partial charge in [-0.25, -0.2) is 13.1 Å². The molecule has 6 nitrogen and oxygen atoms in total. The van der Waals surface area contributed by atoms with E-state index in [1.165, 1.54) is 18.5 Å². The van der Waals surface area contributed by atoms with Crippen molar-refractivity contribution in [3.05, 3.63) is 72.9 Å². The first-order chi connectivity index (χ1) is 11.2. The van der Waals surface area contributed by atoms with Crippen LogP contribution in [0, 0.1) is 0 Å². The summed E-state index contributed by atoms with van der Waals surface area (Å²) in [6, 6.07) is 10.4. The Morgan fingerprint density at radius 1 is 0.913 bits per heavy atom. The molecule has 0 atom stereocenters. The van der Waals surface area contributed by atoms with Crippen LogP contribution in [0.1, 0.15) is 5.56 Å². The van der Waals surface area contributed by atoms with E-state index in [2.05, 4.69) is 19.7 Å². The third-order valence-electron chi connectivity index (χ3n) is 3.24. The van der Waals surface area contributed by atoms with Gasteiger partial charge >= 0.3 is 0 Å². The second kappa shape index (κ2) is 6.64. The summed E-state index contributed by atoms with van der Waals surface area (Å²) >= 11 is 0. The Morgan fingerprint density at radius 2 is 1.70 bits per heavy atom. The van der Waals surface area contributed by atoms with Crippen LogP contribution in [0.15, 0.2) is 72.3 Å². The fourth-order valence-corrected chi connectivity index (χ4v) is 3.08. The van der Waals surface area contributed by atoms with Gasteiger partial charge in [0.1, 0.15) is 4.90 Å². The fourth-order valence-electron chi connectivity index (χ4n) is 2.11. The van der Waals surface area contributed by atoms with E-state index in [-0.39, 0.29) is 11.4 Å². The van der Waals surface area contributed by atoms with E-state index in [0.717, 1.165) is 16.8 Å². The third-order valence-corrected chi connectivity index (χ3v) is 4.63. The van der Waals surface area contributed by atoms with Crippen LogP contribution >= 0.6 is 0 Å². The van der Waals surface area contributed by atoms with Gasteiger partial charge in [0.05, 0.1) is 5.69 Å². The smallest absolute Gasteiger partial charge is 0.242 e. The van der Waals surface area contributed by atoms with E-state index < -0.39 is 10.0 Å². The Kier molecular flexibility index (Phi) is 4.40. The minimum absolute atomic E-state index is 0.134. The summed E-state index contributed by atoms with van der Waals surface area (Å²) in [6.07, 6.45) is 7.87. The molecule has 0 amide bonds. The van der Waals surface area contributed by atoms with Gasteiger partial charge in [0.25, 0.3) is 0 Å². The fraction of sp³-hybridized carbons (Fsp3) is 0.0625. The number of rotatable bonds is 5. The molecule has 116 valence electrons. The number of sulfonamides is 1. The molecule has 0 radical (unpaired) electrons. The first-order valence-electron chi connectivity index (χ1n) is 6.91. The first kappa shape index (κ1) is 15.3. The van der Waals surface area contributed by atoms with Crippen molar-refractivity contribution in [2.24, 2.45) is 0 Å². The average Bonchev–Trinajstić information content (AvgIpc) is 2.62. The van der Waals surface area contributed by atoms with Crippen molar-refractivity contribution in [1.82, 2.24) is 19.7 Å². The molecule has 3 rings (SSSR count). The first-order valence-corrected chi connectivity index (χ1v) is 8.39. The van der Waals surface area contributed by atoms with Crippen LogP contribution < -0.4 is 4.72 Å². The van der Waals surface area contributed by atoms with Gasteiger partial charge in [0.15, 0.2) is 0 Å². The lowest BCUT2D eigenvalue weighted by molar-refractivity contribution is 0.581. The zero-order valence-electron chi connectivity index (χ0n) is 12.1. The highest BCUT2D eigenvalue weighted by Gasteiger charge is 2.15. The van der Waals surface area contributed by atoms with Crippen LogP contribution in [0.2, 0.25) is 0 Å². The maximum absolute atomic E-state index is 12.3. The number of hydrogen-bond acceptors (Lipinski definition) is 5. The van der Waals surface area contributed by atoms with Crippen molar-refractivity contribution < 1.29 is 8.42 Å². The molecule has 0 aliphatic carbocycles. The van der Waals surface area contributed by atoms with Gasteiger partial charge in [0.2, 0.25) is 10.0 Å². The predicted molar refractivity (Wildman–Crippen MR) is 85.7 cm³/mol. The maximum atomic E-state index is 12.3. The predicted octanol–water partition coefficient (Wildman–Crippen LogP) is 2.02. The Labute approximate surface area is 134 Å². The molecule has 0 spiro atoms. The van der Waals surface area contributed by atoms with E-state index in [4.69, 9.17) is 0 Å². The lowest BCUT2D eigenvalue weighted by atomic mass is 10.1. The molecule has 0 aliphatic heterocycles. The Morgan fingerprint density at radius 3 is 2.43 bits per heavy atom. The van der Waals surface area contributed by atoms with Gasteiger partial charge in [-0.2, -0.15) is 0 Å². The molecule has 0 saturated heterocycles. The summed E-state index contributed by atoms with van der Waals surface area (Å²) in [5.74, 6) is 0. The molecule has 0 saturated carbocycles. The maximum Gasteiger partial charge on any atom is 0.242 e. The zero-order chi connectivity index (χ0) is 16.1. The monoisotopic (exact) mass is 326 g/mol. The number of hydrogen-bond donors (Lipinski definition) is 1. The van der Waals surface area contributed by atoms with Crippen LogP contribution in [0.4, 0.5) is 0 Å². The van der Waals surface area contributed by atoms with Gasteiger partial charge in [0, 0.05) is 43.1 Å². The highest BCUT2D eigenvalue weighted by atomic mass is 32.2. The lowest BCUT2D eigenvalue weighted by Crippen LogP contribution is -2.23. The van der Waals surface area contributed by atoms with Gasteiger partial charge in [-0.05, 0) is 35.9 Å². The molecule has 0 bridgehead atoms. The standard InChI is InChI=1S/C16H14N4O2S/c21-23(22,15-4-2-7-18-12-15)20-11-14-3-1-8-19-16(14)13-5-9-17-10-6-13/h1-10,12,20H,11H2. The molecule has 3 aromatic heterocycles. The molecule has 3 aromatic rings. The minimum atomic E-state index is -3.61. The molecule has 23 heavy (non-hydrogen) atoms. The Hall–Kier alpha value is -2.64. The molecule has 1 N–H and O–H groups in total. The number of nitrogens with zero attached hydrogens (tertiary/aromatic N) is 3. The van der Waals surface area contributed by atoms with E-state index in [0.29, 0.717) is 0 Å². The van der Waals surface area contributed by atoms with Crippen molar-refractivity contribution in [1.29, 1.82) is 0 Å². The largest absolute Gasteiger partial charge is 0.265 e. The number of pyridine rings is 3. The van der Waals surface area contributed by atoms with E-state index in [1.54, 1.807) is 30.7 Å². The summed E-state index contributed by atoms with van der Waals surface area (Å²) in [4.78, 5) is 12.3. The summed E-state index contributed by atoms with van der Waals surface area (Å²) in [7, 11) is -3.61. The highest BCUT2D eigenvalue weighted by molar-refractivity contribution is 7.89. The summed E-state index contributed by atoms with van der Waals surface area (Å²) in [5.41, 5.74) is 2.39. The van der Waals surface area contributed by atoms with E-state index >= 15 is 0 Å². The molecule has 3 heterocycles. The normalized spacial score (nSPS) is 11.3. The van der Waals surface area contributed by atoms with E-state index in [9.17, 15) is 8.42 Å². The van der Waals surface area contributed by atoms with Crippen LogP contribution in [-0.2, 0) is 16.6 Å². The molecule has 0 fully saturated rings. The second-order valence-electron chi connectivity index (χ2n) is 4.76. The summed E-state index contributed by atoms with van der Waals surface area (Å²) in [6.45, 7) is 0.142. The quantitative estimate of drug-likeness (QED) is 0.775. The van der Waals surface area contributed by atoms with Gasteiger partial charge in [-0.15, -0.1) is 0 Å². The third kappa shape index (κ3) is 3.58. The molecule has 0 unspecified atom stereocenters. The topological polar surface area (TPSA) is 84.8 Å². The second-order valence-corrected chi connectivity index (χ2v) is 6.53. The average molecular weight is 326 g/mol. The zero-order valence-corrected chi connectivity index (χ0v) is 12.9. The SMILES string of the molecule is O=S(=O)(NCc1cccnc1-c1ccncc1)c1cccnc1.